The van der Waals surface area contributed by atoms with Crippen molar-refractivity contribution in [1.29, 1.82) is 0 Å². The molecule has 4 saturated heterocycles. The van der Waals surface area contributed by atoms with Crippen LogP contribution in [0.5, 0.6) is 0 Å². The number of rotatable bonds is 15. The van der Waals surface area contributed by atoms with E-state index in [-0.39, 0.29) is 46.6 Å². The number of carbonyl (C=O) groups is 5. The molecule has 394 valence electrons. The Morgan fingerprint density at radius 1 is 0.662 bits per heavy atom. The van der Waals surface area contributed by atoms with Gasteiger partial charge in [0, 0.05) is 102 Å². The molecule has 2 atom stereocenters. The first kappa shape index (κ1) is 51.5. The standard InChI is InChI=1S/C58H74FN9O6/c59-50-19-17-42(35-51-47-13-4-5-14-48(47)56(72)62-61-51)34-49(50)57(73)66-32-30-65(31-33-66)53(70)39-63-24-21-41(22-25-63)37-64-26-28-67(29-27-64)58(74)54(43-8-2-1-3-9-43)60-55(71)45-11-6-10-44(36-45)46-12-7-23-68(38-46)52(69)20-18-40-15-16-40/h4-6,10-11,13-14,17,19,34,36,40-41,43,46,54H,1-3,7-9,12,15-16,18,20-33,35,37-39H2,(H,60,71)(H,62,72)/t46?,54-/m1/s1. The number of benzene rings is 3. The number of H-pyrrole nitrogens is 1. The number of nitrogens with one attached hydrogen (secondary N) is 2. The lowest BCUT2D eigenvalue weighted by Gasteiger charge is -2.41. The molecule has 1 aromatic heterocycles. The molecule has 0 bridgehead atoms. The Bertz CT molecular complexity index is 2720. The van der Waals surface area contributed by atoms with Gasteiger partial charge in [0.2, 0.25) is 17.7 Å². The minimum atomic E-state index is -0.604. The molecule has 2 saturated carbocycles. The van der Waals surface area contributed by atoms with Crippen LogP contribution in [0.25, 0.3) is 10.8 Å². The zero-order valence-corrected chi connectivity index (χ0v) is 43.0. The van der Waals surface area contributed by atoms with Crippen LogP contribution in [-0.2, 0) is 20.8 Å². The summed E-state index contributed by atoms with van der Waals surface area (Å²) < 4.78 is 15.1. The molecule has 6 aliphatic rings. The van der Waals surface area contributed by atoms with Crippen LogP contribution in [0.4, 0.5) is 4.39 Å². The van der Waals surface area contributed by atoms with Crippen molar-refractivity contribution in [3.8, 4) is 0 Å². The molecule has 3 aromatic carbocycles. The highest BCUT2D eigenvalue weighted by Gasteiger charge is 2.37. The number of hydrogen-bond acceptors (Lipinski definition) is 9. The molecule has 15 nitrogen and oxygen atoms in total. The van der Waals surface area contributed by atoms with E-state index in [9.17, 15) is 28.8 Å². The number of fused-ring (bicyclic) bond motifs is 1. The molecule has 5 heterocycles. The van der Waals surface area contributed by atoms with E-state index >= 15 is 4.39 Å². The van der Waals surface area contributed by atoms with Gasteiger partial charge in [0.25, 0.3) is 17.4 Å². The highest BCUT2D eigenvalue weighted by Crippen LogP contribution is 2.35. The summed E-state index contributed by atoms with van der Waals surface area (Å²) >= 11 is 0. The molecule has 0 radical (unpaired) electrons. The molecule has 16 heteroatoms. The molecule has 2 N–H and O–H groups in total. The number of halogens is 1. The van der Waals surface area contributed by atoms with Gasteiger partial charge in [0.05, 0.1) is 23.2 Å². The van der Waals surface area contributed by atoms with E-state index in [1.165, 1.54) is 18.9 Å². The van der Waals surface area contributed by atoms with Crippen LogP contribution in [0.2, 0.25) is 0 Å². The second-order valence-corrected chi connectivity index (χ2v) is 22.2. The summed E-state index contributed by atoms with van der Waals surface area (Å²) in [5.74, 6) is 0.665. The third-order valence-corrected chi connectivity index (χ3v) is 17.1. The average Bonchev–Trinajstić information content (AvgIpc) is 4.28. The summed E-state index contributed by atoms with van der Waals surface area (Å²) in [6.07, 6.45) is 13.5. The van der Waals surface area contributed by atoms with Crippen molar-refractivity contribution >= 4 is 40.3 Å². The number of piperazine rings is 2. The number of carbonyl (C=O) groups excluding carboxylic acids is 5. The smallest absolute Gasteiger partial charge is 0.272 e. The van der Waals surface area contributed by atoms with Crippen molar-refractivity contribution in [2.24, 2.45) is 17.8 Å². The molecule has 74 heavy (non-hydrogen) atoms. The molecule has 4 aliphatic heterocycles. The van der Waals surface area contributed by atoms with Crippen LogP contribution in [0.15, 0.2) is 71.5 Å². The number of piperidine rings is 2. The van der Waals surface area contributed by atoms with Gasteiger partial charge in [-0.15, -0.1) is 0 Å². The van der Waals surface area contributed by atoms with Crippen molar-refractivity contribution in [3.05, 3.63) is 111 Å². The minimum Gasteiger partial charge on any atom is -0.342 e. The van der Waals surface area contributed by atoms with E-state index in [1.54, 1.807) is 29.2 Å². The number of likely N-dealkylation sites (tertiary alicyclic amines) is 2. The number of aromatic amines is 1. The van der Waals surface area contributed by atoms with Gasteiger partial charge in [0.15, 0.2) is 0 Å². The van der Waals surface area contributed by atoms with Gasteiger partial charge in [-0.3, -0.25) is 38.6 Å². The molecule has 6 fully saturated rings. The molecule has 1 unspecified atom stereocenters. The fraction of sp³-hybridized carbons (Fsp3) is 0.569. The van der Waals surface area contributed by atoms with Gasteiger partial charge in [-0.1, -0.05) is 68.5 Å². The topological polar surface area (TPSA) is 163 Å². The van der Waals surface area contributed by atoms with E-state index in [4.69, 9.17) is 0 Å². The van der Waals surface area contributed by atoms with Gasteiger partial charge < -0.3 is 24.9 Å². The van der Waals surface area contributed by atoms with Crippen molar-refractivity contribution in [3.63, 3.8) is 0 Å². The maximum atomic E-state index is 15.1. The fourth-order valence-corrected chi connectivity index (χ4v) is 12.4. The summed E-state index contributed by atoms with van der Waals surface area (Å²) in [7, 11) is 0. The molecular formula is C58H74FN9O6. The van der Waals surface area contributed by atoms with Gasteiger partial charge in [-0.25, -0.2) is 9.49 Å². The Kier molecular flexibility index (Phi) is 16.5. The van der Waals surface area contributed by atoms with Crippen LogP contribution in [0, 0.1) is 23.6 Å². The zero-order valence-electron chi connectivity index (χ0n) is 43.0. The van der Waals surface area contributed by atoms with Crippen LogP contribution < -0.4 is 10.9 Å². The summed E-state index contributed by atoms with van der Waals surface area (Å²) in [6.45, 7) is 8.70. The van der Waals surface area contributed by atoms with Crippen LogP contribution in [-0.4, -0.2) is 167 Å². The van der Waals surface area contributed by atoms with Crippen LogP contribution in [0.3, 0.4) is 0 Å². The monoisotopic (exact) mass is 1010 g/mol. The fourth-order valence-electron chi connectivity index (χ4n) is 12.4. The Balaban J connectivity index is 0.654. The number of aromatic nitrogens is 2. The third-order valence-electron chi connectivity index (χ3n) is 17.1. The molecule has 4 aromatic rings. The van der Waals surface area contributed by atoms with Crippen molar-refractivity contribution < 1.29 is 28.4 Å². The van der Waals surface area contributed by atoms with E-state index in [2.05, 4.69) is 31.4 Å². The maximum absolute atomic E-state index is 15.1. The van der Waals surface area contributed by atoms with Gasteiger partial charge in [0.1, 0.15) is 11.9 Å². The van der Waals surface area contributed by atoms with Crippen molar-refractivity contribution in [2.75, 3.05) is 91.6 Å². The number of amides is 5. The van der Waals surface area contributed by atoms with Gasteiger partial charge >= 0.3 is 0 Å². The lowest BCUT2D eigenvalue weighted by molar-refractivity contribution is -0.137. The summed E-state index contributed by atoms with van der Waals surface area (Å²) in [4.78, 5) is 93.0. The summed E-state index contributed by atoms with van der Waals surface area (Å²) in [5.41, 5.74) is 2.69. The zero-order chi connectivity index (χ0) is 51.1. The normalized spacial score (nSPS) is 21.2. The van der Waals surface area contributed by atoms with E-state index in [1.807, 2.05) is 45.0 Å². The average molecular weight is 1010 g/mol. The largest absolute Gasteiger partial charge is 0.342 e. The van der Waals surface area contributed by atoms with Gasteiger partial charge in [-0.2, -0.15) is 5.10 Å². The lowest BCUT2D eigenvalue weighted by atomic mass is 9.83. The highest BCUT2D eigenvalue weighted by molar-refractivity contribution is 5.98. The Morgan fingerprint density at radius 2 is 1.39 bits per heavy atom. The lowest BCUT2D eigenvalue weighted by Crippen LogP contribution is -2.57. The predicted molar refractivity (Wildman–Crippen MR) is 281 cm³/mol. The second kappa shape index (κ2) is 23.7. The molecule has 10 rings (SSSR count). The SMILES string of the molecule is O=C(N[C@@H](C(=O)N1CCN(CC2CCN(CC(=O)N3CCN(C(=O)c4cc(Cc5n[nH]c(=O)c6ccccc56)ccc4F)CC3)CC2)CC1)C1CCCCC1)c1cccc(C2CCCN(C(=O)CCC3CC3)C2)c1. The maximum Gasteiger partial charge on any atom is 0.272 e. The molecule has 2 aliphatic carbocycles. The minimum absolute atomic E-state index is 0.0203. The Labute approximate surface area is 434 Å². The molecular weight excluding hydrogens is 938 g/mol. The Morgan fingerprint density at radius 3 is 2.15 bits per heavy atom. The van der Waals surface area contributed by atoms with E-state index in [0.717, 1.165) is 115 Å². The number of hydrogen-bond donors (Lipinski definition) is 2. The first-order valence-corrected chi connectivity index (χ1v) is 27.8. The number of nitrogens with zero attached hydrogens (tertiary/aromatic N) is 7. The van der Waals surface area contributed by atoms with Crippen LogP contribution >= 0.6 is 0 Å². The van der Waals surface area contributed by atoms with Crippen molar-refractivity contribution in [1.82, 2.24) is 44.9 Å². The third kappa shape index (κ3) is 12.6. The second-order valence-electron chi connectivity index (χ2n) is 22.2. The van der Waals surface area contributed by atoms with Gasteiger partial charge in [-0.05, 0) is 117 Å². The first-order chi connectivity index (χ1) is 36.0. The van der Waals surface area contributed by atoms with Crippen molar-refractivity contribution in [2.45, 2.75) is 102 Å². The Hall–Kier alpha value is -6.00. The molecule has 5 amide bonds. The highest BCUT2D eigenvalue weighted by atomic mass is 19.1. The first-order valence-electron chi connectivity index (χ1n) is 27.8. The quantitative estimate of drug-likeness (QED) is 0.144. The van der Waals surface area contributed by atoms with Crippen LogP contribution in [0.1, 0.15) is 127 Å². The summed E-state index contributed by atoms with van der Waals surface area (Å²) in [6, 6.07) is 19.0. The van der Waals surface area contributed by atoms with E-state index < -0.39 is 17.8 Å². The predicted octanol–water partition coefficient (Wildman–Crippen LogP) is 6.07. The van der Waals surface area contributed by atoms with E-state index in [0.29, 0.717) is 98.7 Å². The molecule has 0 spiro atoms. The summed E-state index contributed by atoms with van der Waals surface area (Å²) in [5, 5.41) is 11.3.